The fourth-order valence-electron chi connectivity index (χ4n) is 4.48. The first kappa shape index (κ1) is 20.1. The van der Waals surface area contributed by atoms with Crippen LogP contribution in [0.2, 0.25) is 0 Å². The van der Waals surface area contributed by atoms with Crippen LogP contribution in [0.3, 0.4) is 0 Å². The number of benzene rings is 1. The van der Waals surface area contributed by atoms with E-state index in [1.54, 1.807) is 32.0 Å². The van der Waals surface area contributed by atoms with Crippen LogP contribution in [-0.2, 0) is 19.1 Å². The van der Waals surface area contributed by atoms with Gasteiger partial charge in [-0.05, 0) is 55.9 Å². The number of hydrogen-bond acceptors (Lipinski definition) is 7. The molecular formula is C22H24N2O6. The van der Waals surface area contributed by atoms with E-state index in [4.69, 9.17) is 14.2 Å². The first-order valence-electron chi connectivity index (χ1n) is 10.1. The SMILES string of the molecule is CCOC(=O)[C@H](C)Oc1ccc(C=NN2C(=O)[C@@H]3[C@H](C2=O)[C@H]2C=C[C@H]3C2)cc1OC. The highest BCUT2D eigenvalue weighted by Gasteiger charge is 2.59. The average Bonchev–Trinajstić information content (AvgIpc) is 3.42. The van der Waals surface area contributed by atoms with Crippen molar-refractivity contribution in [2.75, 3.05) is 13.7 Å². The molecule has 8 heteroatoms. The van der Waals surface area contributed by atoms with Crippen molar-refractivity contribution < 1.29 is 28.6 Å². The van der Waals surface area contributed by atoms with Crippen LogP contribution in [0.15, 0.2) is 35.5 Å². The van der Waals surface area contributed by atoms with Crippen LogP contribution in [0, 0.1) is 23.7 Å². The summed E-state index contributed by atoms with van der Waals surface area (Å²) in [5.74, 6) is -0.413. The van der Waals surface area contributed by atoms with Gasteiger partial charge in [-0.3, -0.25) is 9.59 Å². The molecular weight excluding hydrogens is 388 g/mol. The third-order valence-electron chi connectivity index (χ3n) is 5.88. The summed E-state index contributed by atoms with van der Waals surface area (Å²) in [6.45, 7) is 3.59. The summed E-state index contributed by atoms with van der Waals surface area (Å²) in [4.78, 5) is 37.2. The standard InChI is InChI=1S/C22H24N2O6/c1-4-29-22(27)12(2)30-16-8-5-13(9-17(16)28-3)11-23-24-20(25)18-14-6-7-15(10-14)19(18)21(24)26/h5-9,11-12,14-15,18-19H,4,10H2,1-3H3/t12-,14-,15-,18-,19+/m0/s1. The lowest BCUT2D eigenvalue weighted by Crippen LogP contribution is -2.28. The van der Waals surface area contributed by atoms with Gasteiger partial charge < -0.3 is 14.2 Å². The van der Waals surface area contributed by atoms with Gasteiger partial charge in [0, 0.05) is 0 Å². The van der Waals surface area contributed by atoms with Gasteiger partial charge in [0.25, 0.3) is 11.8 Å². The van der Waals surface area contributed by atoms with Crippen molar-refractivity contribution in [3.63, 3.8) is 0 Å². The number of hydrazone groups is 1. The molecule has 0 unspecified atom stereocenters. The van der Waals surface area contributed by atoms with Crippen LogP contribution >= 0.6 is 0 Å². The number of carbonyl (C=O) groups excluding carboxylic acids is 3. The molecule has 2 aliphatic carbocycles. The Kier molecular flexibility index (Phi) is 5.32. The van der Waals surface area contributed by atoms with Gasteiger partial charge in [-0.1, -0.05) is 12.2 Å². The van der Waals surface area contributed by atoms with E-state index in [1.807, 2.05) is 12.2 Å². The predicted molar refractivity (Wildman–Crippen MR) is 107 cm³/mol. The van der Waals surface area contributed by atoms with Crippen molar-refractivity contribution in [3.05, 3.63) is 35.9 Å². The van der Waals surface area contributed by atoms with Crippen LogP contribution in [0.4, 0.5) is 0 Å². The summed E-state index contributed by atoms with van der Waals surface area (Å²) >= 11 is 0. The number of amides is 2. The zero-order chi connectivity index (χ0) is 21.4. The maximum Gasteiger partial charge on any atom is 0.347 e. The van der Waals surface area contributed by atoms with E-state index in [0.717, 1.165) is 11.4 Å². The number of allylic oxidation sites excluding steroid dienone is 2. The van der Waals surface area contributed by atoms with Crippen molar-refractivity contribution in [2.45, 2.75) is 26.4 Å². The molecule has 30 heavy (non-hydrogen) atoms. The molecule has 0 aromatic heterocycles. The molecule has 1 aromatic carbocycles. The number of ether oxygens (including phenoxy) is 3. The molecule has 2 fully saturated rings. The smallest absolute Gasteiger partial charge is 0.347 e. The number of hydrogen-bond donors (Lipinski definition) is 0. The first-order chi connectivity index (χ1) is 14.4. The van der Waals surface area contributed by atoms with E-state index < -0.39 is 12.1 Å². The number of methoxy groups -OCH3 is 1. The molecule has 1 aliphatic heterocycles. The summed E-state index contributed by atoms with van der Waals surface area (Å²) in [6.07, 6.45) is 5.64. The second kappa shape index (κ2) is 7.93. The fraction of sp³-hybridized carbons (Fsp3) is 0.455. The number of imide groups is 1. The minimum Gasteiger partial charge on any atom is -0.493 e. The van der Waals surface area contributed by atoms with Crippen LogP contribution < -0.4 is 9.47 Å². The molecule has 2 bridgehead atoms. The topological polar surface area (TPSA) is 94.5 Å². The van der Waals surface area contributed by atoms with Gasteiger partial charge in [0.1, 0.15) is 0 Å². The van der Waals surface area contributed by atoms with Crippen molar-refractivity contribution in [1.29, 1.82) is 0 Å². The summed E-state index contributed by atoms with van der Waals surface area (Å²) < 4.78 is 15.9. The third kappa shape index (κ3) is 3.36. The molecule has 1 saturated carbocycles. The van der Waals surface area contributed by atoms with Gasteiger partial charge >= 0.3 is 5.97 Å². The third-order valence-corrected chi connectivity index (χ3v) is 5.88. The van der Waals surface area contributed by atoms with Crippen molar-refractivity contribution in [1.82, 2.24) is 5.01 Å². The van der Waals surface area contributed by atoms with Gasteiger partial charge in [0.15, 0.2) is 17.6 Å². The first-order valence-corrected chi connectivity index (χ1v) is 10.1. The fourth-order valence-corrected chi connectivity index (χ4v) is 4.48. The lowest BCUT2D eigenvalue weighted by Gasteiger charge is -2.16. The largest absolute Gasteiger partial charge is 0.493 e. The highest BCUT2D eigenvalue weighted by atomic mass is 16.6. The highest BCUT2D eigenvalue weighted by Crippen LogP contribution is 2.52. The summed E-state index contributed by atoms with van der Waals surface area (Å²) in [6, 6.07) is 5.01. The van der Waals surface area contributed by atoms with E-state index in [0.29, 0.717) is 17.1 Å². The molecule has 1 saturated heterocycles. The summed E-state index contributed by atoms with van der Waals surface area (Å²) in [7, 11) is 1.48. The molecule has 3 aliphatic rings. The van der Waals surface area contributed by atoms with E-state index in [2.05, 4.69) is 5.10 Å². The van der Waals surface area contributed by atoms with Gasteiger partial charge in [0.2, 0.25) is 0 Å². The molecule has 0 radical (unpaired) electrons. The van der Waals surface area contributed by atoms with Crippen LogP contribution in [0.25, 0.3) is 0 Å². The number of rotatable bonds is 7. The van der Waals surface area contributed by atoms with Crippen LogP contribution in [-0.4, -0.2) is 48.8 Å². The molecule has 4 rings (SSSR count). The molecule has 1 heterocycles. The summed E-state index contributed by atoms with van der Waals surface area (Å²) in [5.41, 5.74) is 0.627. The quantitative estimate of drug-likeness (QED) is 0.295. The second-order valence-electron chi connectivity index (χ2n) is 7.66. The minimum absolute atomic E-state index is 0.148. The van der Waals surface area contributed by atoms with Gasteiger partial charge in [0.05, 0.1) is 31.8 Å². The molecule has 5 atom stereocenters. The number of carbonyl (C=O) groups is 3. The van der Waals surface area contributed by atoms with Crippen LogP contribution in [0.5, 0.6) is 11.5 Å². The monoisotopic (exact) mass is 412 g/mol. The molecule has 8 nitrogen and oxygen atoms in total. The zero-order valence-corrected chi connectivity index (χ0v) is 17.1. The highest BCUT2D eigenvalue weighted by molar-refractivity contribution is 6.06. The Labute approximate surface area is 174 Å². The molecule has 1 aromatic rings. The normalized spacial score (nSPS) is 27.6. The maximum absolute atomic E-state index is 12.7. The Morgan fingerprint density at radius 2 is 1.87 bits per heavy atom. The molecule has 158 valence electrons. The Morgan fingerprint density at radius 1 is 1.20 bits per heavy atom. The second-order valence-corrected chi connectivity index (χ2v) is 7.66. The maximum atomic E-state index is 12.7. The van der Waals surface area contributed by atoms with E-state index >= 15 is 0 Å². The summed E-state index contributed by atoms with van der Waals surface area (Å²) in [5, 5.41) is 5.17. The van der Waals surface area contributed by atoms with Gasteiger partial charge in [-0.15, -0.1) is 0 Å². The Hall–Kier alpha value is -3.16. The molecule has 0 spiro atoms. The lowest BCUT2D eigenvalue weighted by molar-refractivity contribution is -0.150. The number of fused-ring (bicyclic) bond motifs is 5. The number of nitrogens with zero attached hydrogens (tertiary/aromatic N) is 2. The van der Waals surface area contributed by atoms with E-state index in [9.17, 15) is 14.4 Å². The van der Waals surface area contributed by atoms with Crippen LogP contribution in [0.1, 0.15) is 25.8 Å². The lowest BCUT2D eigenvalue weighted by atomic mass is 9.85. The van der Waals surface area contributed by atoms with Crippen molar-refractivity contribution in [3.8, 4) is 11.5 Å². The minimum atomic E-state index is -0.790. The van der Waals surface area contributed by atoms with Gasteiger partial charge in [-0.2, -0.15) is 10.1 Å². The Morgan fingerprint density at radius 3 is 2.47 bits per heavy atom. The Bertz CT molecular complexity index is 910. The van der Waals surface area contributed by atoms with Gasteiger partial charge in [-0.25, -0.2) is 4.79 Å². The molecule has 2 amide bonds. The average molecular weight is 412 g/mol. The Balaban J connectivity index is 1.47. The van der Waals surface area contributed by atoms with E-state index in [1.165, 1.54) is 13.3 Å². The molecule has 0 N–H and O–H groups in total. The number of esters is 1. The van der Waals surface area contributed by atoms with E-state index in [-0.39, 0.29) is 42.1 Å². The predicted octanol–water partition coefficient (Wildman–Crippen LogP) is 2.17. The van der Waals surface area contributed by atoms with Crippen molar-refractivity contribution in [2.24, 2.45) is 28.8 Å². The van der Waals surface area contributed by atoms with Crippen molar-refractivity contribution >= 4 is 24.0 Å². The zero-order valence-electron chi connectivity index (χ0n) is 17.1.